The minimum Gasteiger partial charge on any atom is -0.489 e. The highest BCUT2D eigenvalue weighted by Crippen LogP contribution is 2.69. The summed E-state index contributed by atoms with van der Waals surface area (Å²) in [7, 11) is 0. The first-order valence-electron chi connectivity index (χ1n) is 13.2. The van der Waals surface area contributed by atoms with Gasteiger partial charge in [0.05, 0.1) is 21.8 Å². The van der Waals surface area contributed by atoms with Gasteiger partial charge in [0.2, 0.25) is 11.8 Å². The molecule has 2 aliphatic carbocycles. The van der Waals surface area contributed by atoms with Gasteiger partial charge in [0.15, 0.2) is 0 Å². The SMILES string of the molecule is O=C(O)CN1C(=O)[C@@H]2[C@H]3C[C@@H]([C@@H]2C1=O)[C@@H]1[C@H](c2cc([N+](=O)[O-])ccc2OCc2ccc(F)cc2)c2sc(=O)[nH]c2S[C@H]31. The Bertz CT molecular complexity index is 1720. The monoisotopic (exact) mass is 611 g/mol. The molecular weight excluding hydrogens is 589 g/mol. The zero-order valence-electron chi connectivity index (χ0n) is 21.6. The number of carboxylic acid groups (broad SMARTS) is 1. The molecule has 11 nitrogen and oxygen atoms in total. The molecule has 2 amide bonds. The fourth-order valence-corrected chi connectivity index (χ4v) is 10.4. The first-order chi connectivity index (χ1) is 20.1. The predicted octanol–water partition coefficient (Wildman–Crippen LogP) is 3.62. The Morgan fingerprint density at radius 3 is 2.52 bits per heavy atom. The Hall–Kier alpha value is -4.04. The lowest BCUT2D eigenvalue weighted by molar-refractivity contribution is -0.385. The number of nitro benzene ring substituents is 1. The smallest absolute Gasteiger partial charge is 0.323 e. The molecule has 7 atom stereocenters. The summed E-state index contributed by atoms with van der Waals surface area (Å²) >= 11 is 2.46. The number of thiazole rings is 1. The number of likely N-dealkylation sites (tertiary alicyclic amines) is 1. The van der Waals surface area contributed by atoms with Gasteiger partial charge in [-0.3, -0.25) is 34.2 Å². The number of aromatic nitrogens is 1. The average molecular weight is 612 g/mol. The number of fused-ring (bicyclic) bond motifs is 9. The number of ether oxygens (including phenoxy) is 1. The van der Waals surface area contributed by atoms with Crippen molar-refractivity contribution in [2.45, 2.75) is 29.2 Å². The first kappa shape index (κ1) is 26.8. The Morgan fingerprint density at radius 1 is 1.12 bits per heavy atom. The van der Waals surface area contributed by atoms with Crippen molar-refractivity contribution in [2.24, 2.45) is 29.6 Å². The quantitative estimate of drug-likeness (QED) is 0.231. The molecule has 2 bridgehead atoms. The van der Waals surface area contributed by atoms with Crippen LogP contribution in [0.5, 0.6) is 5.75 Å². The summed E-state index contributed by atoms with van der Waals surface area (Å²) in [5.41, 5.74) is 1.00. The molecule has 14 heteroatoms. The number of carboxylic acids is 1. The lowest BCUT2D eigenvalue weighted by Crippen LogP contribution is -2.42. The molecule has 1 aromatic heterocycles. The second kappa shape index (κ2) is 9.76. The molecule has 4 aliphatic rings. The maximum atomic E-state index is 13.4. The van der Waals surface area contributed by atoms with Gasteiger partial charge in [-0.25, -0.2) is 4.39 Å². The number of H-pyrrole nitrogens is 1. The molecule has 216 valence electrons. The van der Waals surface area contributed by atoms with Crippen LogP contribution in [-0.2, 0) is 21.0 Å². The number of nitrogens with zero attached hydrogens (tertiary/aromatic N) is 2. The number of halogens is 1. The predicted molar refractivity (Wildman–Crippen MR) is 147 cm³/mol. The number of thioether (sulfide) groups is 1. The van der Waals surface area contributed by atoms with Crippen molar-refractivity contribution in [1.29, 1.82) is 0 Å². The number of hydrogen-bond donors (Lipinski definition) is 2. The number of rotatable bonds is 7. The molecule has 7 rings (SSSR count). The molecule has 2 aromatic carbocycles. The number of nitrogens with one attached hydrogen (secondary N) is 1. The third-order valence-corrected chi connectivity index (χ3v) is 11.5. The molecule has 0 spiro atoms. The fraction of sp³-hybridized carbons (Fsp3) is 0.357. The van der Waals surface area contributed by atoms with E-state index in [1.807, 2.05) is 0 Å². The topological polar surface area (TPSA) is 160 Å². The number of amides is 2. The summed E-state index contributed by atoms with van der Waals surface area (Å²) in [6, 6.07) is 10.0. The van der Waals surface area contributed by atoms with E-state index < -0.39 is 52.8 Å². The summed E-state index contributed by atoms with van der Waals surface area (Å²) in [6.45, 7) is -0.631. The Labute approximate surface area is 244 Å². The molecule has 0 radical (unpaired) electrons. The van der Waals surface area contributed by atoms with Gasteiger partial charge in [0.1, 0.15) is 24.7 Å². The number of carbonyl (C=O) groups excluding carboxylic acids is 2. The fourth-order valence-electron chi connectivity index (χ4n) is 7.48. The molecule has 3 aromatic rings. The van der Waals surface area contributed by atoms with Crippen molar-refractivity contribution in [3.05, 3.63) is 84.1 Å². The molecule has 2 N–H and O–H groups in total. The summed E-state index contributed by atoms with van der Waals surface area (Å²) < 4.78 is 19.6. The van der Waals surface area contributed by atoms with Crippen LogP contribution in [0.15, 0.2) is 52.3 Å². The van der Waals surface area contributed by atoms with Crippen molar-refractivity contribution >= 4 is 46.6 Å². The maximum absolute atomic E-state index is 13.4. The van der Waals surface area contributed by atoms with E-state index in [1.54, 1.807) is 12.1 Å². The Morgan fingerprint density at radius 2 is 1.83 bits per heavy atom. The highest BCUT2D eigenvalue weighted by molar-refractivity contribution is 8.00. The van der Waals surface area contributed by atoms with Gasteiger partial charge in [-0.2, -0.15) is 0 Å². The summed E-state index contributed by atoms with van der Waals surface area (Å²) in [4.78, 5) is 66.2. The first-order valence-corrected chi connectivity index (χ1v) is 14.9. The normalized spacial score (nSPS) is 28.9. The van der Waals surface area contributed by atoms with Crippen LogP contribution >= 0.6 is 23.1 Å². The zero-order valence-corrected chi connectivity index (χ0v) is 23.2. The molecule has 0 unspecified atom stereocenters. The van der Waals surface area contributed by atoms with Gasteiger partial charge in [-0.05, 0) is 47.9 Å². The summed E-state index contributed by atoms with van der Waals surface area (Å²) in [5.74, 6) is -4.96. The van der Waals surface area contributed by atoms with E-state index in [-0.39, 0.29) is 40.2 Å². The van der Waals surface area contributed by atoms with Crippen LogP contribution in [0.3, 0.4) is 0 Å². The number of aromatic amines is 1. The van der Waals surface area contributed by atoms with Crippen LogP contribution in [0.25, 0.3) is 0 Å². The zero-order chi connectivity index (χ0) is 29.4. The number of aliphatic carboxylic acids is 1. The minimum absolute atomic E-state index is 0.0603. The minimum atomic E-state index is -1.27. The van der Waals surface area contributed by atoms with E-state index >= 15 is 0 Å². The Balaban J connectivity index is 1.32. The van der Waals surface area contributed by atoms with Crippen LogP contribution in [0.2, 0.25) is 0 Å². The van der Waals surface area contributed by atoms with Gasteiger partial charge < -0.3 is 14.8 Å². The molecule has 3 fully saturated rings. The number of hydrogen-bond acceptors (Lipinski definition) is 9. The largest absolute Gasteiger partial charge is 0.489 e. The van der Waals surface area contributed by atoms with Crippen molar-refractivity contribution in [2.75, 3.05) is 6.54 Å². The lowest BCUT2D eigenvalue weighted by atomic mass is 9.68. The number of imide groups is 1. The van der Waals surface area contributed by atoms with E-state index in [9.17, 15) is 38.8 Å². The van der Waals surface area contributed by atoms with Crippen molar-refractivity contribution in [3.8, 4) is 5.75 Å². The van der Waals surface area contributed by atoms with Gasteiger partial charge in [0.25, 0.3) is 5.69 Å². The van der Waals surface area contributed by atoms with E-state index in [1.165, 1.54) is 42.1 Å². The second-order valence-electron chi connectivity index (χ2n) is 11.0. The third kappa shape index (κ3) is 4.07. The van der Waals surface area contributed by atoms with E-state index in [0.717, 1.165) is 16.2 Å². The molecule has 3 heterocycles. The van der Waals surface area contributed by atoms with E-state index in [2.05, 4.69) is 4.98 Å². The average Bonchev–Trinajstić information content (AvgIpc) is 3.68. The number of non-ortho nitro benzene ring substituents is 1. The lowest BCUT2D eigenvalue weighted by Gasteiger charge is -2.43. The van der Waals surface area contributed by atoms with Crippen molar-refractivity contribution in [1.82, 2.24) is 9.88 Å². The van der Waals surface area contributed by atoms with E-state index in [0.29, 0.717) is 33.2 Å². The number of carbonyl (C=O) groups is 3. The van der Waals surface area contributed by atoms with Gasteiger partial charge >= 0.3 is 10.8 Å². The number of nitro groups is 1. The second-order valence-corrected chi connectivity index (χ2v) is 13.2. The van der Waals surface area contributed by atoms with Crippen LogP contribution in [-0.4, -0.2) is 49.5 Å². The molecule has 42 heavy (non-hydrogen) atoms. The molecule has 2 saturated carbocycles. The van der Waals surface area contributed by atoms with E-state index in [4.69, 9.17) is 4.74 Å². The van der Waals surface area contributed by atoms with Gasteiger partial charge in [0, 0.05) is 33.7 Å². The number of benzene rings is 2. The summed E-state index contributed by atoms with van der Waals surface area (Å²) in [5, 5.41) is 21.6. The maximum Gasteiger partial charge on any atom is 0.323 e. The van der Waals surface area contributed by atoms with Gasteiger partial charge in [-0.1, -0.05) is 23.5 Å². The highest BCUT2D eigenvalue weighted by Gasteiger charge is 2.69. The van der Waals surface area contributed by atoms with Crippen LogP contribution in [0, 0.1) is 45.5 Å². The summed E-state index contributed by atoms with van der Waals surface area (Å²) in [6.07, 6.45) is 0.576. The van der Waals surface area contributed by atoms with Crippen LogP contribution in [0.4, 0.5) is 10.1 Å². The van der Waals surface area contributed by atoms with Crippen molar-refractivity contribution < 1.29 is 33.5 Å². The molecule has 1 saturated heterocycles. The molecular formula is C28H22FN3O8S2. The Kier molecular flexibility index (Phi) is 6.24. The molecule has 2 aliphatic heterocycles. The van der Waals surface area contributed by atoms with Crippen LogP contribution in [0.1, 0.15) is 28.3 Å². The van der Waals surface area contributed by atoms with Gasteiger partial charge in [-0.15, -0.1) is 11.8 Å². The third-order valence-electron chi connectivity index (χ3n) is 8.96. The highest BCUT2D eigenvalue weighted by atomic mass is 32.2. The van der Waals surface area contributed by atoms with Crippen LogP contribution < -0.4 is 9.61 Å². The standard InChI is InChI=1S/C28H22FN3O8S2/c29-12-3-1-11(2-4-12)10-40-17-6-5-13(32(38)39)7-14(17)19-20-15-8-16(23(20)41-25-24(19)42-28(37)30-25)22-21(15)26(35)31(27(22)36)9-18(33)34/h1-7,15-16,19-23H,8-10H2,(H,30,37)(H,33,34)/t15-,16-,19+,20-,21+,22-,23-/m1/s1. The van der Waals surface area contributed by atoms with Crippen molar-refractivity contribution in [3.63, 3.8) is 0 Å².